The number of imidazole rings is 1. The fourth-order valence-corrected chi connectivity index (χ4v) is 2.46. The molecule has 0 saturated heterocycles. The van der Waals surface area contributed by atoms with Crippen molar-refractivity contribution in [3.63, 3.8) is 0 Å². The van der Waals surface area contributed by atoms with Gasteiger partial charge in [0.1, 0.15) is 5.60 Å². The predicted octanol–water partition coefficient (Wildman–Crippen LogP) is 1.66. The minimum atomic E-state index is -1.02. The number of fused-ring (bicyclic) bond motifs is 1. The van der Waals surface area contributed by atoms with E-state index in [-0.39, 0.29) is 5.91 Å². The van der Waals surface area contributed by atoms with Crippen LogP contribution in [0, 0.1) is 11.8 Å². The van der Waals surface area contributed by atoms with Gasteiger partial charge in [-0.15, -0.1) is 0 Å². The molecule has 0 fully saturated rings. The van der Waals surface area contributed by atoms with Gasteiger partial charge in [-0.3, -0.25) is 4.79 Å². The van der Waals surface area contributed by atoms with Crippen molar-refractivity contribution in [1.29, 1.82) is 0 Å². The van der Waals surface area contributed by atoms with Gasteiger partial charge in [-0.2, -0.15) is 0 Å². The number of amides is 1. The summed E-state index contributed by atoms with van der Waals surface area (Å²) in [4.78, 5) is 18.5. The summed E-state index contributed by atoms with van der Waals surface area (Å²) in [7, 11) is 0. The Kier molecular flexibility index (Phi) is 3.93. The first-order chi connectivity index (χ1) is 10.9. The standard InChI is InChI=1S/C18H19N3O2/c1-18(2,23)8-7-14-3-5-15(6-4-14)17(22)20-9-10-21-13-19-11-16(21)12-20/h3-6,11,13,23H,9-10,12H2,1-2H3. The molecule has 1 aromatic heterocycles. The summed E-state index contributed by atoms with van der Waals surface area (Å²) in [5.41, 5.74) is 1.45. The summed E-state index contributed by atoms with van der Waals surface area (Å²) in [5, 5.41) is 9.61. The van der Waals surface area contributed by atoms with Gasteiger partial charge in [-0.05, 0) is 38.1 Å². The van der Waals surface area contributed by atoms with Gasteiger partial charge in [0.2, 0.25) is 0 Å². The molecule has 0 bridgehead atoms. The zero-order valence-corrected chi connectivity index (χ0v) is 13.3. The van der Waals surface area contributed by atoms with Gasteiger partial charge < -0.3 is 14.6 Å². The largest absolute Gasteiger partial charge is 0.378 e. The fourth-order valence-electron chi connectivity index (χ4n) is 2.46. The normalized spacial score (nSPS) is 14.0. The summed E-state index contributed by atoms with van der Waals surface area (Å²) in [6, 6.07) is 7.17. The van der Waals surface area contributed by atoms with Gasteiger partial charge in [-0.25, -0.2) is 4.98 Å². The third kappa shape index (κ3) is 3.61. The molecule has 1 aliphatic rings. The van der Waals surface area contributed by atoms with Crippen LogP contribution in [0.15, 0.2) is 36.8 Å². The molecule has 0 aliphatic carbocycles. The van der Waals surface area contributed by atoms with Crippen molar-refractivity contribution in [3.05, 3.63) is 53.6 Å². The maximum atomic E-state index is 12.6. The lowest BCUT2D eigenvalue weighted by molar-refractivity contribution is 0.0711. The summed E-state index contributed by atoms with van der Waals surface area (Å²) in [6.07, 6.45) is 3.60. The van der Waals surface area contributed by atoms with Crippen LogP contribution in [0.5, 0.6) is 0 Å². The maximum absolute atomic E-state index is 12.6. The highest BCUT2D eigenvalue weighted by Gasteiger charge is 2.21. The van der Waals surface area contributed by atoms with E-state index in [2.05, 4.69) is 21.4 Å². The second-order valence-electron chi connectivity index (χ2n) is 6.19. The molecule has 0 radical (unpaired) electrons. The Hall–Kier alpha value is -2.58. The molecule has 1 aliphatic heterocycles. The molecule has 1 amide bonds. The Bertz CT molecular complexity index is 773. The van der Waals surface area contributed by atoms with Crippen LogP contribution < -0.4 is 0 Å². The van der Waals surface area contributed by atoms with Crippen LogP contribution in [-0.4, -0.2) is 37.6 Å². The van der Waals surface area contributed by atoms with E-state index >= 15 is 0 Å². The molecule has 5 nitrogen and oxygen atoms in total. The number of aromatic nitrogens is 2. The molecule has 1 N–H and O–H groups in total. The number of rotatable bonds is 1. The first kappa shape index (κ1) is 15.3. The molecule has 3 rings (SSSR count). The molecular formula is C18H19N3O2. The van der Waals surface area contributed by atoms with Crippen molar-refractivity contribution < 1.29 is 9.90 Å². The maximum Gasteiger partial charge on any atom is 0.254 e. The molecule has 0 saturated carbocycles. The van der Waals surface area contributed by atoms with Crippen LogP contribution in [0.4, 0.5) is 0 Å². The minimum Gasteiger partial charge on any atom is -0.378 e. The lowest BCUT2D eigenvalue weighted by atomic mass is 10.1. The van der Waals surface area contributed by atoms with E-state index < -0.39 is 5.60 Å². The van der Waals surface area contributed by atoms with Crippen LogP contribution in [-0.2, 0) is 13.1 Å². The number of hydrogen-bond acceptors (Lipinski definition) is 3. The highest BCUT2D eigenvalue weighted by atomic mass is 16.3. The number of benzene rings is 1. The Morgan fingerprint density at radius 3 is 2.70 bits per heavy atom. The van der Waals surface area contributed by atoms with Crippen molar-refractivity contribution in [2.45, 2.75) is 32.5 Å². The zero-order valence-electron chi connectivity index (χ0n) is 13.3. The van der Waals surface area contributed by atoms with Crippen LogP contribution in [0.2, 0.25) is 0 Å². The molecule has 0 spiro atoms. The smallest absolute Gasteiger partial charge is 0.254 e. The molecule has 5 heteroatoms. The lowest BCUT2D eigenvalue weighted by Crippen LogP contribution is -2.37. The van der Waals surface area contributed by atoms with Crippen LogP contribution in [0.3, 0.4) is 0 Å². The Balaban J connectivity index is 1.72. The highest BCUT2D eigenvalue weighted by Crippen LogP contribution is 2.15. The average Bonchev–Trinajstić information content (AvgIpc) is 2.99. The average molecular weight is 309 g/mol. The van der Waals surface area contributed by atoms with Gasteiger partial charge in [0, 0.05) is 30.4 Å². The molecule has 23 heavy (non-hydrogen) atoms. The summed E-state index contributed by atoms with van der Waals surface area (Å²) in [6.45, 7) is 5.32. The van der Waals surface area contributed by atoms with E-state index in [9.17, 15) is 9.90 Å². The number of carbonyl (C=O) groups is 1. The lowest BCUT2D eigenvalue weighted by Gasteiger charge is -2.28. The Morgan fingerprint density at radius 1 is 1.26 bits per heavy atom. The first-order valence-electron chi connectivity index (χ1n) is 7.56. The first-order valence-corrected chi connectivity index (χ1v) is 7.56. The van der Waals surface area contributed by atoms with Gasteiger partial charge in [0.25, 0.3) is 5.91 Å². The Morgan fingerprint density at radius 2 is 2.00 bits per heavy atom. The number of nitrogens with zero attached hydrogens (tertiary/aromatic N) is 3. The van der Waals surface area contributed by atoms with Crippen molar-refractivity contribution in [1.82, 2.24) is 14.5 Å². The molecular weight excluding hydrogens is 290 g/mol. The monoisotopic (exact) mass is 309 g/mol. The van der Waals surface area contributed by atoms with E-state index in [4.69, 9.17) is 0 Å². The third-order valence-corrected chi connectivity index (χ3v) is 3.69. The van der Waals surface area contributed by atoms with Gasteiger partial charge >= 0.3 is 0 Å². The molecule has 2 heterocycles. The SMILES string of the molecule is CC(C)(O)C#Cc1ccc(C(=O)N2CCn3cncc3C2)cc1. The van der Waals surface area contributed by atoms with Crippen molar-refractivity contribution in [2.24, 2.45) is 0 Å². The predicted molar refractivity (Wildman–Crippen MR) is 86.6 cm³/mol. The Labute approximate surface area is 135 Å². The van der Waals surface area contributed by atoms with E-state index in [1.165, 1.54) is 0 Å². The van der Waals surface area contributed by atoms with Crippen molar-refractivity contribution in [3.8, 4) is 11.8 Å². The van der Waals surface area contributed by atoms with E-state index in [1.807, 2.05) is 4.90 Å². The molecule has 118 valence electrons. The molecule has 2 aromatic rings. The zero-order chi connectivity index (χ0) is 16.4. The van der Waals surface area contributed by atoms with Gasteiger partial charge in [0.05, 0.1) is 18.6 Å². The number of aliphatic hydroxyl groups is 1. The third-order valence-electron chi connectivity index (χ3n) is 3.69. The van der Waals surface area contributed by atoms with Crippen molar-refractivity contribution >= 4 is 5.91 Å². The van der Waals surface area contributed by atoms with Gasteiger partial charge in [0.15, 0.2) is 0 Å². The quantitative estimate of drug-likeness (QED) is 0.815. The number of hydrogen-bond donors (Lipinski definition) is 1. The summed E-state index contributed by atoms with van der Waals surface area (Å²) >= 11 is 0. The van der Waals surface area contributed by atoms with Crippen LogP contribution in [0.1, 0.15) is 35.5 Å². The number of carbonyl (C=O) groups excluding carboxylic acids is 1. The highest BCUT2D eigenvalue weighted by molar-refractivity contribution is 5.94. The van der Waals surface area contributed by atoms with Crippen LogP contribution in [0.25, 0.3) is 0 Å². The summed E-state index contributed by atoms with van der Waals surface area (Å²) in [5.74, 6) is 5.68. The second kappa shape index (κ2) is 5.90. The summed E-state index contributed by atoms with van der Waals surface area (Å²) < 4.78 is 2.07. The topological polar surface area (TPSA) is 58.4 Å². The van der Waals surface area contributed by atoms with Crippen LogP contribution >= 0.6 is 0 Å². The second-order valence-corrected chi connectivity index (χ2v) is 6.19. The minimum absolute atomic E-state index is 0.0134. The van der Waals surface area contributed by atoms with E-state index in [0.717, 1.165) is 17.8 Å². The molecule has 1 aromatic carbocycles. The van der Waals surface area contributed by atoms with E-state index in [0.29, 0.717) is 18.7 Å². The van der Waals surface area contributed by atoms with Crippen molar-refractivity contribution in [2.75, 3.05) is 6.54 Å². The molecule has 0 atom stereocenters. The molecule has 0 unspecified atom stereocenters. The fraction of sp³-hybridized carbons (Fsp3) is 0.333. The van der Waals surface area contributed by atoms with Gasteiger partial charge in [-0.1, -0.05) is 11.8 Å². The van der Waals surface area contributed by atoms with E-state index in [1.54, 1.807) is 50.6 Å².